The van der Waals surface area contributed by atoms with Crippen LogP contribution in [-0.2, 0) is 15.9 Å². The lowest BCUT2D eigenvalue weighted by atomic mass is 9.88. The van der Waals surface area contributed by atoms with E-state index in [4.69, 9.17) is 11.6 Å². The number of hydrogen-bond donors (Lipinski definition) is 0. The van der Waals surface area contributed by atoms with E-state index in [9.17, 15) is 8.42 Å². The van der Waals surface area contributed by atoms with Crippen LogP contribution in [0.15, 0.2) is 15.7 Å². The number of sulfonamides is 1. The van der Waals surface area contributed by atoms with Crippen molar-refractivity contribution >= 4 is 33.0 Å². The number of nitrogens with zero attached hydrogens (tertiary/aromatic N) is 1. The number of rotatable bonds is 3. The summed E-state index contributed by atoms with van der Waals surface area (Å²) in [6, 6.07) is 1.76. The average molecular weight is 322 g/mol. The Hall–Kier alpha value is -0.100. The molecule has 2 rings (SSSR count). The van der Waals surface area contributed by atoms with Crippen molar-refractivity contribution in [3.05, 3.63) is 17.0 Å². The van der Waals surface area contributed by atoms with E-state index in [0.29, 0.717) is 28.5 Å². The molecule has 0 aliphatic carbocycles. The molecule has 0 amide bonds. The van der Waals surface area contributed by atoms with Crippen LogP contribution in [0.25, 0.3) is 0 Å². The molecule has 3 nitrogen and oxygen atoms in total. The largest absolute Gasteiger partial charge is 0.252 e. The summed E-state index contributed by atoms with van der Waals surface area (Å²) >= 11 is 7.01. The lowest BCUT2D eigenvalue weighted by Crippen LogP contribution is -2.48. The molecule has 0 saturated carbocycles. The molecule has 0 bridgehead atoms. The maximum atomic E-state index is 12.7. The van der Waals surface area contributed by atoms with E-state index in [1.165, 1.54) is 11.3 Å². The number of hydrogen-bond acceptors (Lipinski definition) is 3. The zero-order valence-corrected chi connectivity index (χ0v) is 13.9. The van der Waals surface area contributed by atoms with E-state index >= 15 is 0 Å². The minimum Gasteiger partial charge on any atom is -0.206 e. The Morgan fingerprint density at radius 1 is 1.42 bits per heavy atom. The molecule has 1 aromatic heterocycles. The summed E-state index contributed by atoms with van der Waals surface area (Å²) in [4.78, 5) is 0. The molecule has 0 spiro atoms. The average Bonchev–Trinajstić information content (AvgIpc) is 2.83. The zero-order valence-electron chi connectivity index (χ0n) is 11.5. The highest BCUT2D eigenvalue weighted by atomic mass is 35.5. The van der Waals surface area contributed by atoms with Gasteiger partial charge in [-0.3, -0.25) is 0 Å². The maximum absolute atomic E-state index is 12.7. The van der Waals surface area contributed by atoms with Crippen molar-refractivity contribution in [1.82, 2.24) is 4.31 Å². The fourth-order valence-corrected chi connectivity index (χ4v) is 6.08. The molecule has 1 aromatic rings. The standard InChI is InChI=1S/C13H20ClNO2S2/c1-9-4-10(2)11(3)15(7-9)19(16,17)13-5-12(6-14)8-18-13/h5,8-11H,4,6-7H2,1-3H3. The highest BCUT2D eigenvalue weighted by Gasteiger charge is 2.37. The van der Waals surface area contributed by atoms with Crippen molar-refractivity contribution in [2.24, 2.45) is 11.8 Å². The van der Waals surface area contributed by atoms with Crippen LogP contribution in [0, 0.1) is 11.8 Å². The molecule has 1 aliphatic rings. The Kier molecular flexibility index (Phi) is 4.60. The van der Waals surface area contributed by atoms with Crippen molar-refractivity contribution in [2.45, 2.75) is 43.3 Å². The van der Waals surface area contributed by atoms with Gasteiger partial charge in [-0.1, -0.05) is 13.8 Å². The molecular formula is C13H20ClNO2S2. The van der Waals surface area contributed by atoms with Gasteiger partial charge in [0.15, 0.2) is 0 Å². The lowest BCUT2D eigenvalue weighted by molar-refractivity contribution is 0.157. The van der Waals surface area contributed by atoms with Crippen molar-refractivity contribution < 1.29 is 8.42 Å². The van der Waals surface area contributed by atoms with Crippen LogP contribution < -0.4 is 0 Å². The van der Waals surface area contributed by atoms with E-state index in [1.807, 2.05) is 12.3 Å². The summed E-state index contributed by atoms with van der Waals surface area (Å²) in [6.45, 7) is 6.86. The van der Waals surface area contributed by atoms with Crippen LogP contribution in [-0.4, -0.2) is 25.3 Å². The molecule has 3 unspecified atom stereocenters. The van der Waals surface area contributed by atoms with Gasteiger partial charge in [-0.25, -0.2) is 8.42 Å². The quantitative estimate of drug-likeness (QED) is 0.798. The molecule has 2 heterocycles. The second-order valence-corrected chi connectivity index (χ2v) is 8.84. The topological polar surface area (TPSA) is 37.4 Å². The highest BCUT2D eigenvalue weighted by Crippen LogP contribution is 2.33. The Morgan fingerprint density at radius 2 is 2.11 bits per heavy atom. The van der Waals surface area contributed by atoms with E-state index in [0.717, 1.165) is 12.0 Å². The first-order valence-corrected chi connectivity index (χ1v) is 9.37. The minimum absolute atomic E-state index is 0.0581. The van der Waals surface area contributed by atoms with Crippen LogP contribution in [0.1, 0.15) is 32.8 Å². The van der Waals surface area contributed by atoms with Crippen LogP contribution in [0.5, 0.6) is 0 Å². The van der Waals surface area contributed by atoms with Crippen LogP contribution in [0.4, 0.5) is 0 Å². The fourth-order valence-electron chi connectivity index (χ4n) is 2.65. The van der Waals surface area contributed by atoms with Crippen LogP contribution >= 0.6 is 22.9 Å². The van der Waals surface area contributed by atoms with Gasteiger partial charge >= 0.3 is 0 Å². The first kappa shape index (κ1) is 15.3. The normalized spacial score (nSPS) is 29.6. The lowest BCUT2D eigenvalue weighted by Gasteiger charge is -2.39. The highest BCUT2D eigenvalue weighted by molar-refractivity contribution is 7.91. The van der Waals surface area contributed by atoms with Gasteiger partial charge in [-0.05, 0) is 42.2 Å². The summed E-state index contributed by atoms with van der Waals surface area (Å²) < 4.78 is 27.5. The minimum atomic E-state index is -3.37. The number of halogens is 1. The fraction of sp³-hybridized carbons (Fsp3) is 0.692. The SMILES string of the molecule is CC1CC(C)C(C)N(S(=O)(=O)c2cc(CCl)cs2)C1. The third-order valence-corrected chi connectivity index (χ3v) is 7.62. The second-order valence-electron chi connectivity index (χ2n) is 5.54. The zero-order chi connectivity index (χ0) is 14.2. The number of piperidine rings is 1. The van der Waals surface area contributed by atoms with Gasteiger partial charge < -0.3 is 0 Å². The third-order valence-electron chi connectivity index (χ3n) is 3.89. The maximum Gasteiger partial charge on any atom is 0.252 e. The van der Waals surface area contributed by atoms with Crippen molar-refractivity contribution in [1.29, 1.82) is 0 Å². The molecule has 1 saturated heterocycles. The predicted molar refractivity (Wildman–Crippen MR) is 80.2 cm³/mol. The van der Waals surface area contributed by atoms with Crippen LogP contribution in [0.2, 0.25) is 0 Å². The Balaban J connectivity index is 2.32. The number of alkyl halides is 1. The van der Waals surface area contributed by atoms with E-state index < -0.39 is 10.0 Å². The van der Waals surface area contributed by atoms with Gasteiger partial charge in [0, 0.05) is 18.5 Å². The molecule has 0 aromatic carbocycles. The molecule has 108 valence electrons. The first-order chi connectivity index (χ1) is 8.86. The molecule has 0 radical (unpaired) electrons. The Morgan fingerprint density at radius 3 is 2.68 bits per heavy atom. The Bertz CT molecular complexity index is 541. The van der Waals surface area contributed by atoms with Crippen molar-refractivity contribution in [3.8, 4) is 0 Å². The van der Waals surface area contributed by atoms with Gasteiger partial charge in [0.2, 0.25) is 0 Å². The first-order valence-electron chi connectivity index (χ1n) is 6.51. The Labute approximate surface area is 124 Å². The monoisotopic (exact) mass is 321 g/mol. The van der Waals surface area contributed by atoms with Gasteiger partial charge in [-0.15, -0.1) is 22.9 Å². The van der Waals surface area contributed by atoms with Gasteiger partial charge in [0.05, 0.1) is 0 Å². The smallest absolute Gasteiger partial charge is 0.206 e. The van der Waals surface area contributed by atoms with E-state index in [2.05, 4.69) is 13.8 Å². The van der Waals surface area contributed by atoms with Gasteiger partial charge in [0.25, 0.3) is 10.0 Å². The molecule has 1 fully saturated rings. The molecule has 0 N–H and O–H groups in total. The summed E-state index contributed by atoms with van der Waals surface area (Å²) in [6.07, 6.45) is 1.09. The summed E-state index contributed by atoms with van der Waals surface area (Å²) in [5.41, 5.74) is 0.871. The molecule has 6 heteroatoms. The van der Waals surface area contributed by atoms with Gasteiger partial charge in [-0.2, -0.15) is 4.31 Å². The van der Waals surface area contributed by atoms with Crippen molar-refractivity contribution in [2.75, 3.05) is 6.54 Å². The second kappa shape index (κ2) is 5.72. The number of thiophene rings is 1. The van der Waals surface area contributed by atoms with E-state index in [-0.39, 0.29) is 6.04 Å². The summed E-state index contributed by atoms with van der Waals surface area (Å²) in [5.74, 6) is 1.16. The van der Waals surface area contributed by atoms with Crippen molar-refractivity contribution in [3.63, 3.8) is 0 Å². The van der Waals surface area contributed by atoms with E-state index in [1.54, 1.807) is 10.4 Å². The molecule has 19 heavy (non-hydrogen) atoms. The predicted octanol–water partition coefficient (Wildman–Crippen LogP) is 3.54. The summed E-state index contributed by atoms with van der Waals surface area (Å²) in [5, 5.41) is 1.82. The third kappa shape index (κ3) is 2.99. The van der Waals surface area contributed by atoms with Gasteiger partial charge in [0.1, 0.15) is 4.21 Å². The summed E-state index contributed by atoms with van der Waals surface area (Å²) in [7, 11) is -3.37. The molecule has 3 atom stereocenters. The van der Waals surface area contributed by atoms with Crippen LogP contribution in [0.3, 0.4) is 0 Å². The molecular weight excluding hydrogens is 302 g/mol. The molecule has 1 aliphatic heterocycles.